The molecule has 0 amide bonds. The first kappa shape index (κ1) is 12.3. The summed E-state index contributed by atoms with van der Waals surface area (Å²) in [6.45, 7) is 7.63. The molecule has 84 valence electrons. The van der Waals surface area contributed by atoms with Crippen molar-refractivity contribution >= 4 is 11.6 Å². The van der Waals surface area contributed by atoms with Gasteiger partial charge in [-0.3, -0.25) is 0 Å². The maximum absolute atomic E-state index is 6.09. The zero-order valence-corrected chi connectivity index (χ0v) is 10.4. The van der Waals surface area contributed by atoms with Crippen LogP contribution in [0, 0.1) is 11.3 Å². The van der Waals surface area contributed by atoms with Crippen molar-refractivity contribution in [3.05, 3.63) is 0 Å². The largest absolute Gasteiger partial charge is 0.378 e. The highest BCUT2D eigenvalue weighted by Gasteiger charge is 2.39. The maximum Gasteiger partial charge on any atom is 0.0615 e. The Balaban J connectivity index is 2.37. The van der Waals surface area contributed by atoms with Gasteiger partial charge in [0, 0.05) is 17.9 Å². The summed E-state index contributed by atoms with van der Waals surface area (Å²) in [7, 11) is 0. The van der Waals surface area contributed by atoms with E-state index in [4.69, 9.17) is 16.3 Å². The van der Waals surface area contributed by atoms with Crippen molar-refractivity contribution in [1.82, 2.24) is 0 Å². The van der Waals surface area contributed by atoms with Crippen LogP contribution in [-0.2, 0) is 4.74 Å². The van der Waals surface area contributed by atoms with Gasteiger partial charge in [0.1, 0.15) is 0 Å². The molecule has 2 atom stereocenters. The molecular weight excluding hydrogens is 196 g/mol. The summed E-state index contributed by atoms with van der Waals surface area (Å²) >= 11 is 6.09. The molecule has 0 radical (unpaired) electrons. The monoisotopic (exact) mass is 218 g/mol. The van der Waals surface area contributed by atoms with Gasteiger partial charge in [-0.2, -0.15) is 0 Å². The minimum absolute atomic E-state index is 0.274. The van der Waals surface area contributed by atoms with Crippen molar-refractivity contribution in [2.24, 2.45) is 11.3 Å². The molecule has 0 saturated carbocycles. The highest BCUT2D eigenvalue weighted by Crippen LogP contribution is 2.40. The third kappa shape index (κ3) is 2.87. The first-order valence-electron chi connectivity index (χ1n) is 5.78. The van der Waals surface area contributed by atoms with Crippen molar-refractivity contribution in [2.45, 2.75) is 52.6 Å². The zero-order valence-electron chi connectivity index (χ0n) is 9.68. The summed E-state index contributed by atoms with van der Waals surface area (Å²) < 4.78 is 5.63. The topological polar surface area (TPSA) is 9.23 Å². The van der Waals surface area contributed by atoms with Crippen molar-refractivity contribution in [2.75, 3.05) is 12.5 Å². The van der Waals surface area contributed by atoms with Crippen LogP contribution >= 0.6 is 11.6 Å². The third-order valence-electron chi connectivity index (χ3n) is 3.55. The standard InChI is InChI=1S/C12H23ClO/c1-10(2)5-4-6-12(9-13)7-8-14-11(12)3/h10-11H,4-9H2,1-3H3. The van der Waals surface area contributed by atoms with E-state index in [0.717, 1.165) is 24.8 Å². The van der Waals surface area contributed by atoms with Crippen LogP contribution in [0.2, 0.25) is 0 Å². The zero-order chi connectivity index (χ0) is 10.6. The second-order valence-electron chi connectivity index (χ2n) is 5.05. The van der Waals surface area contributed by atoms with Gasteiger partial charge in [-0.25, -0.2) is 0 Å². The molecule has 14 heavy (non-hydrogen) atoms. The van der Waals surface area contributed by atoms with Crippen molar-refractivity contribution in [3.8, 4) is 0 Å². The Hall–Kier alpha value is 0.250. The molecule has 1 saturated heterocycles. The number of alkyl halides is 1. The molecule has 0 bridgehead atoms. The van der Waals surface area contributed by atoms with E-state index >= 15 is 0 Å². The quantitative estimate of drug-likeness (QED) is 0.637. The Morgan fingerprint density at radius 1 is 1.50 bits per heavy atom. The molecular formula is C12H23ClO. The van der Waals surface area contributed by atoms with E-state index in [1.165, 1.54) is 19.3 Å². The fourth-order valence-corrected chi connectivity index (χ4v) is 2.74. The normalized spacial score (nSPS) is 32.8. The second-order valence-corrected chi connectivity index (χ2v) is 5.31. The van der Waals surface area contributed by atoms with Crippen molar-refractivity contribution in [1.29, 1.82) is 0 Å². The number of hydrogen-bond acceptors (Lipinski definition) is 1. The minimum atomic E-state index is 0.274. The van der Waals surface area contributed by atoms with Gasteiger partial charge in [0.2, 0.25) is 0 Å². The maximum atomic E-state index is 6.09. The van der Waals surface area contributed by atoms with Gasteiger partial charge in [-0.15, -0.1) is 11.6 Å². The average Bonchev–Trinajstić information content (AvgIpc) is 2.48. The summed E-state index contributed by atoms with van der Waals surface area (Å²) in [4.78, 5) is 0. The lowest BCUT2D eigenvalue weighted by molar-refractivity contribution is 0.0678. The van der Waals surface area contributed by atoms with Crippen molar-refractivity contribution < 1.29 is 4.74 Å². The molecule has 1 heterocycles. The lowest BCUT2D eigenvalue weighted by atomic mass is 9.78. The Labute approximate surface area is 93.2 Å². The van der Waals surface area contributed by atoms with E-state index in [9.17, 15) is 0 Å². The van der Waals surface area contributed by atoms with Gasteiger partial charge in [-0.1, -0.05) is 26.7 Å². The fourth-order valence-electron chi connectivity index (χ4n) is 2.25. The van der Waals surface area contributed by atoms with E-state index in [1.807, 2.05) is 0 Å². The molecule has 1 aliphatic rings. The molecule has 0 N–H and O–H groups in total. The Morgan fingerprint density at radius 3 is 2.64 bits per heavy atom. The first-order chi connectivity index (χ1) is 6.60. The Bertz CT molecular complexity index is 170. The fraction of sp³-hybridized carbons (Fsp3) is 1.00. The molecule has 1 rings (SSSR count). The van der Waals surface area contributed by atoms with Gasteiger partial charge in [0.15, 0.2) is 0 Å². The van der Waals surface area contributed by atoms with Crippen LogP contribution < -0.4 is 0 Å². The SMILES string of the molecule is CC(C)CCCC1(CCl)CCOC1C. The molecule has 0 spiro atoms. The first-order valence-corrected chi connectivity index (χ1v) is 6.32. The van der Waals surface area contributed by atoms with Crippen LogP contribution in [0.15, 0.2) is 0 Å². The van der Waals surface area contributed by atoms with E-state index in [0.29, 0.717) is 6.10 Å². The van der Waals surface area contributed by atoms with Crippen LogP contribution in [0.25, 0.3) is 0 Å². The number of halogens is 1. The van der Waals surface area contributed by atoms with E-state index in [2.05, 4.69) is 20.8 Å². The predicted octanol–water partition coefficient (Wildman–Crippen LogP) is 3.85. The molecule has 0 aromatic carbocycles. The summed E-state index contributed by atoms with van der Waals surface area (Å²) in [5.41, 5.74) is 0.274. The Kier molecular flexibility index (Phi) is 4.72. The number of hydrogen-bond donors (Lipinski definition) is 0. The van der Waals surface area contributed by atoms with Gasteiger partial charge in [0.05, 0.1) is 6.10 Å². The van der Waals surface area contributed by atoms with Crippen molar-refractivity contribution in [3.63, 3.8) is 0 Å². The molecule has 1 aliphatic heterocycles. The highest BCUT2D eigenvalue weighted by atomic mass is 35.5. The summed E-state index contributed by atoms with van der Waals surface area (Å²) in [6.07, 6.45) is 5.34. The van der Waals surface area contributed by atoms with E-state index < -0.39 is 0 Å². The summed E-state index contributed by atoms with van der Waals surface area (Å²) in [5, 5.41) is 0. The molecule has 0 aliphatic carbocycles. The van der Waals surface area contributed by atoms with Gasteiger partial charge < -0.3 is 4.74 Å². The number of rotatable bonds is 5. The van der Waals surface area contributed by atoms with Crippen LogP contribution in [-0.4, -0.2) is 18.6 Å². The third-order valence-corrected chi connectivity index (χ3v) is 4.08. The number of ether oxygens (including phenoxy) is 1. The highest BCUT2D eigenvalue weighted by molar-refractivity contribution is 6.18. The van der Waals surface area contributed by atoms with Gasteiger partial charge in [-0.05, 0) is 25.7 Å². The van der Waals surface area contributed by atoms with Crippen LogP contribution in [0.1, 0.15) is 46.5 Å². The van der Waals surface area contributed by atoms with Crippen LogP contribution in [0.4, 0.5) is 0 Å². The van der Waals surface area contributed by atoms with Gasteiger partial charge in [0.25, 0.3) is 0 Å². The van der Waals surface area contributed by atoms with E-state index in [1.54, 1.807) is 0 Å². The summed E-state index contributed by atoms with van der Waals surface area (Å²) in [6, 6.07) is 0. The second kappa shape index (κ2) is 5.37. The molecule has 2 unspecified atom stereocenters. The predicted molar refractivity (Wildman–Crippen MR) is 61.9 cm³/mol. The van der Waals surface area contributed by atoms with E-state index in [-0.39, 0.29) is 5.41 Å². The Morgan fingerprint density at radius 2 is 2.21 bits per heavy atom. The molecule has 2 heteroatoms. The summed E-state index contributed by atoms with van der Waals surface area (Å²) in [5.74, 6) is 1.56. The lowest BCUT2D eigenvalue weighted by Crippen LogP contribution is -2.30. The molecule has 0 aromatic rings. The molecule has 1 nitrogen and oxygen atoms in total. The lowest BCUT2D eigenvalue weighted by Gasteiger charge is -2.30. The van der Waals surface area contributed by atoms with Crippen LogP contribution in [0.5, 0.6) is 0 Å². The minimum Gasteiger partial charge on any atom is -0.378 e. The molecule has 1 fully saturated rings. The van der Waals surface area contributed by atoms with Gasteiger partial charge >= 0.3 is 0 Å². The molecule has 0 aromatic heterocycles. The van der Waals surface area contributed by atoms with Crippen LogP contribution in [0.3, 0.4) is 0 Å². The smallest absolute Gasteiger partial charge is 0.0615 e. The average molecular weight is 219 g/mol.